The summed E-state index contributed by atoms with van der Waals surface area (Å²) in [6.07, 6.45) is 7.20. The SMILES string of the molecule is C=C/C=N\C(=C/C)c1cccc(C2=C(c3ccccc3)C(c3ccccc3)=C(c3cccc(-c4ccccn4)n3)[Si]2(C)C)n1. The second-order valence-corrected chi connectivity index (χ2v) is 15.3. The van der Waals surface area contributed by atoms with Crippen molar-refractivity contribution in [2.75, 3.05) is 0 Å². The predicted octanol–water partition coefficient (Wildman–Crippen LogP) is 9.48. The summed E-state index contributed by atoms with van der Waals surface area (Å²) in [5, 5.41) is 2.58. The van der Waals surface area contributed by atoms with E-state index in [1.807, 2.05) is 49.5 Å². The average molecular weight is 587 g/mol. The molecule has 1 aliphatic rings. The van der Waals surface area contributed by atoms with E-state index in [9.17, 15) is 0 Å². The Labute approximate surface area is 260 Å². The van der Waals surface area contributed by atoms with E-state index in [2.05, 4.69) is 115 Å². The van der Waals surface area contributed by atoms with Gasteiger partial charge in [0.15, 0.2) is 0 Å². The molecule has 1 aliphatic heterocycles. The van der Waals surface area contributed by atoms with Crippen LogP contribution in [0.3, 0.4) is 0 Å². The number of hydrogen-bond acceptors (Lipinski definition) is 4. The zero-order valence-corrected chi connectivity index (χ0v) is 26.3. The van der Waals surface area contributed by atoms with E-state index >= 15 is 0 Å². The van der Waals surface area contributed by atoms with Crippen LogP contribution in [0.4, 0.5) is 0 Å². The summed E-state index contributed by atoms with van der Waals surface area (Å²) in [6.45, 7) is 10.6. The fourth-order valence-electron chi connectivity index (χ4n) is 6.05. The van der Waals surface area contributed by atoms with Crippen LogP contribution < -0.4 is 0 Å². The van der Waals surface area contributed by atoms with Crippen LogP contribution >= 0.6 is 0 Å². The molecule has 0 amide bonds. The third kappa shape index (κ3) is 5.46. The highest BCUT2D eigenvalue weighted by Gasteiger charge is 2.45. The molecule has 0 unspecified atom stereocenters. The van der Waals surface area contributed by atoms with Crippen LogP contribution in [0.15, 0.2) is 145 Å². The van der Waals surface area contributed by atoms with Gasteiger partial charge in [0.1, 0.15) is 8.07 Å². The molecule has 5 heteroatoms. The molecular weight excluding hydrogens is 553 g/mol. The zero-order chi connectivity index (χ0) is 30.5. The first kappa shape index (κ1) is 28.8. The Hall–Kier alpha value is -5.26. The third-order valence-corrected chi connectivity index (χ3v) is 11.4. The van der Waals surface area contributed by atoms with Crippen molar-refractivity contribution in [3.63, 3.8) is 0 Å². The molecule has 5 aromatic rings. The molecule has 4 nitrogen and oxygen atoms in total. The van der Waals surface area contributed by atoms with Gasteiger partial charge in [0.25, 0.3) is 0 Å². The van der Waals surface area contributed by atoms with E-state index in [1.165, 1.54) is 32.7 Å². The lowest BCUT2D eigenvalue weighted by Gasteiger charge is -2.25. The van der Waals surface area contributed by atoms with Crippen LogP contribution in [0.1, 0.15) is 35.1 Å². The number of rotatable bonds is 8. The molecule has 0 atom stereocenters. The molecule has 0 bridgehead atoms. The highest BCUT2D eigenvalue weighted by atomic mass is 28.3. The maximum absolute atomic E-state index is 5.28. The molecule has 6 rings (SSSR count). The Morgan fingerprint density at radius 2 is 1.18 bits per heavy atom. The van der Waals surface area contributed by atoms with E-state index in [4.69, 9.17) is 9.97 Å². The summed E-state index contributed by atoms with van der Waals surface area (Å²) in [6, 6.07) is 39.9. The van der Waals surface area contributed by atoms with Crippen molar-refractivity contribution in [1.82, 2.24) is 15.0 Å². The van der Waals surface area contributed by atoms with Crippen molar-refractivity contribution in [3.05, 3.63) is 168 Å². The second-order valence-electron chi connectivity index (χ2n) is 11.1. The minimum absolute atomic E-state index is 0.812. The van der Waals surface area contributed by atoms with Crippen LogP contribution in [-0.2, 0) is 0 Å². The number of benzene rings is 2. The number of hydrogen-bond donors (Lipinski definition) is 0. The zero-order valence-electron chi connectivity index (χ0n) is 25.3. The van der Waals surface area contributed by atoms with Gasteiger partial charge in [-0.3, -0.25) is 9.98 Å². The van der Waals surface area contributed by atoms with E-state index in [0.29, 0.717) is 0 Å². The highest BCUT2D eigenvalue weighted by molar-refractivity contribution is 7.13. The Kier molecular flexibility index (Phi) is 8.22. The van der Waals surface area contributed by atoms with Gasteiger partial charge >= 0.3 is 0 Å². The summed E-state index contributed by atoms with van der Waals surface area (Å²) < 4.78 is 0. The number of nitrogens with zero attached hydrogens (tertiary/aromatic N) is 4. The first-order valence-corrected chi connectivity index (χ1v) is 17.8. The van der Waals surface area contributed by atoms with Crippen molar-refractivity contribution >= 4 is 41.5 Å². The fourth-order valence-corrected chi connectivity index (χ4v) is 9.65. The number of allylic oxidation sites excluding steroid dienone is 4. The lowest BCUT2D eigenvalue weighted by Crippen LogP contribution is -2.29. The van der Waals surface area contributed by atoms with Gasteiger partial charge in [0.2, 0.25) is 0 Å². The van der Waals surface area contributed by atoms with E-state index in [-0.39, 0.29) is 0 Å². The van der Waals surface area contributed by atoms with Crippen LogP contribution in [0.2, 0.25) is 13.1 Å². The summed E-state index contributed by atoms with van der Waals surface area (Å²) in [5.74, 6) is 0. The Balaban J connectivity index is 1.66. The van der Waals surface area contributed by atoms with Crippen molar-refractivity contribution in [2.45, 2.75) is 20.0 Å². The maximum atomic E-state index is 5.28. The summed E-state index contributed by atoms with van der Waals surface area (Å²) in [5.41, 5.74) is 10.1. The standard InChI is InChI=1S/C39H34N4Si/c1-5-26-40-30(6-2)32-22-15-24-34(42-32)38-36(28-17-9-7-10-18-28)37(29-19-11-8-12-20-29)39(44(38,3)4)35-25-16-23-33(43-35)31-21-13-14-27-41-31/h5-27H,1H2,2-4H3/b30-6-,40-26-. The molecule has 44 heavy (non-hydrogen) atoms. The van der Waals surface area contributed by atoms with Crippen LogP contribution in [0, 0.1) is 0 Å². The van der Waals surface area contributed by atoms with Gasteiger partial charge in [0.05, 0.1) is 34.2 Å². The van der Waals surface area contributed by atoms with Crippen LogP contribution in [0.25, 0.3) is 38.6 Å². The van der Waals surface area contributed by atoms with Gasteiger partial charge < -0.3 is 0 Å². The second kappa shape index (κ2) is 12.5. The van der Waals surface area contributed by atoms with E-state index < -0.39 is 8.07 Å². The summed E-state index contributed by atoms with van der Waals surface area (Å²) in [4.78, 5) is 19.8. The fraction of sp³-hybridized carbons (Fsp3) is 0.0769. The molecule has 4 heterocycles. The van der Waals surface area contributed by atoms with Crippen molar-refractivity contribution in [3.8, 4) is 11.4 Å². The highest BCUT2D eigenvalue weighted by Crippen LogP contribution is 2.55. The molecule has 0 spiro atoms. The van der Waals surface area contributed by atoms with Crippen LogP contribution in [0.5, 0.6) is 0 Å². The minimum Gasteiger partial charge on any atom is -0.255 e. The van der Waals surface area contributed by atoms with Gasteiger partial charge in [-0.1, -0.05) is 111 Å². The molecule has 0 radical (unpaired) electrons. The number of aliphatic imine (C=N–C) groups is 1. The van der Waals surface area contributed by atoms with Gasteiger partial charge in [0, 0.05) is 12.4 Å². The summed E-state index contributed by atoms with van der Waals surface area (Å²) in [7, 11) is -2.45. The molecule has 3 aromatic heterocycles. The topological polar surface area (TPSA) is 51.0 Å². The number of aromatic nitrogens is 3. The first-order chi connectivity index (χ1) is 21.5. The van der Waals surface area contributed by atoms with Gasteiger partial charge in [-0.2, -0.15) is 0 Å². The molecular formula is C39H34N4Si. The molecule has 0 saturated carbocycles. The predicted molar refractivity (Wildman–Crippen MR) is 188 cm³/mol. The van der Waals surface area contributed by atoms with Crippen molar-refractivity contribution in [2.24, 2.45) is 4.99 Å². The van der Waals surface area contributed by atoms with Crippen molar-refractivity contribution in [1.29, 1.82) is 0 Å². The monoisotopic (exact) mass is 586 g/mol. The Bertz CT molecular complexity index is 1940. The van der Waals surface area contributed by atoms with E-state index in [1.54, 1.807) is 12.3 Å². The van der Waals surface area contributed by atoms with Gasteiger partial charge in [-0.05, 0) is 76.0 Å². The third-order valence-electron chi connectivity index (χ3n) is 7.92. The quantitative estimate of drug-likeness (QED) is 0.134. The minimum atomic E-state index is -2.45. The molecule has 0 aliphatic carbocycles. The maximum Gasteiger partial charge on any atom is 0.119 e. The first-order valence-electron chi connectivity index (χ1n) is 14.8. The largest absolute Gasteiger partial charge is 0.255 e. The number of pyridine rings is 3. The molecule has 0 saturated heterocycles. The Morgan fingerprint density at radius 3 is 1.75 bits per heavy atom. The molecule has 2 aromatic carbocycles. The lowest BCUT2D eigenvalue weighted by atomic mass is 9.90. The van der Waals surface area contributed by atoms with Crippen molar-refractivity contribution < 1.29 is 0 Å². The normalized spacial score (nSPS) is 14.8. The van der Waals surface area contributed by atoms with Crippen LogP contribution in [-0.4, -0.2) is 29.2 Å². The molecule has 0 N–H and O–H groups in total. The Morgan fingerprint density at radius 1 is 0.636 bits per heavy atom. The smallest absolute Gasteiger partial charge is 0.119 e. The van der Waals surface area contributed by atoms with E-state index in [0.717, 1.165) is 34.2 Å². The summed E-state index contributed by atoms with van der Waals surface area (Å²) >= 11 is 0. The van der Waals surface area contributed by atoms with Gasteiger partial charge in [-0.25, -0.2) is 9.97 Å². The van der Waals surface area contributed by atoms with Gasteiger partial charge in [-0.15, -0.1) is 0 Å². The lowest BCUT2D eigenvalue weighted by molar-refractivity contribution is 1.22. The molecule has 0 fully saturated rings. The average Bonchev–Trinajstić information content (AvgIpc) is 3.33. The molecule has 214 valence electrons.